The molecule has 0 atom stereocenters. The van der Waals surface area contributed by atoms with Crippen LogP contribution in [0.4, 0.5) is 0 Å². The molecule has 0 aromatic rings. The molecule has 0 fully saturated rings. The molecule has 9 heavy (non-hydrogen) atoms. The molecule has 0 N–H and O–H groups in total. The maximum atomic E-state index is 3.74. The molecule has 0 aliphatic carbocycles. The Morgan fingerprint density at radius 3 is 1.67 bits per heavy atom. The lowest BCUT2D eigenvalue weighted by atomic mass is 10.1. The molecule has 0 saturated heterocycles. The van der Waals surface area contributed by atoms with Crippen molar-refractivity contribution in [2.75, 3.05) is 0 Å². The van der Waals surface area contributed by atoms with Crippen LogP contribution in [-0.4, -0.2) is 5.71 Å². The molecule has 0 bridgehead atoms. The van der Waals surface area contributed by atoms with Crippen LogP contribution < -0.4 is 0 Å². The molecule has 0 aliphatic heterocycles. The minimum Gasteiger partial charge on any atom is -0.229 e. The second kappa shape index (κ2) is 8.02. The van der Waals surface area contributed by atoms with Gasteiger partial charge in [-0.3, -0.25) is 0 Å². The third-order valence-electron chi connectivity index (χ3n) is 0.993. The quantitative estimate of drug-likeness (QED) is 0.432. The first-order valence-corrected chi connectivity index (χ1v) is 3.77. The molecule has 0 unspecified atom stereocenters. The Balaban J connectivity index is 0. The highest BCUT2D eigenvalue weighted by Gasteiger charge is 1.93. The van der Waals surface area contributed by atoms with Crippen LogP contribution in [-0.2, 0) is 0 Å². The molecule has 0 spiro atoms. The Morgan fingerprint density at radius 2 is 1.67 bits per heavy atom. The summed E-state index contributed by atoms with van der Waals surface area (Å²) < 4.78 is 3.70. The fourth-order valence-electron chi connectivity index (χ4n) is 0.115. The Morgan fingerprint density at radius 1 is 1.33 bits per heavy atom. The standard InChI is InChI=1S/C5H11NS.C2H6/c1-4(2)5(3)6-7;1-2/h4,7H,1-3H3;1-2H3/b6-5-;. The van der Waals surface area contributed by atoms with Crippen molar-refractivity contribution >= 4 is 18.5 Å². The van der Waals surface area contributed by atoms with E-state index in [0.717, 1.165) is 5.71 Å². The largest absolute Gasteiger partial charge is 0.229 e. The van der Waals surface area contributed by atoms with Gasteiger partial charge in [-0.1, -0.05) is 27.7 Å². The maximum absolute atomic E-state index is 3.74. The number of rotatable bonds is 1. The molecular weight excluding hydrogens is 130 g/mol. The second-order valence-electron chi connectivity index (χ2n) is 1.90. The van der Waals surface area contributed by atoms with E-state index in [2.05, 4.69) is 31.1 Å². The van der Waals surface area contributed by atoms with Crippen molar-refractivity contribution in [2.24, 2.45) is 10.3 Å². The van der Waals surface area contributed by atoms with Gasteiger partial charge in [-0.05, 0) is 25.7 Å². The molecule has 56 valence electrons. The predicted octanol–water partition coefficient (Wildman–Crippen LogP) is 2.97. The van der Waals surface area contributed by atoms with Crippen LogP contribution in [0.25, 0.3) is 0 Å². The number of hydrogen-bond donors (Lipinski definition) is 1. The van der Waals surface area contributed by atoms with Gasteiger partial charge in [0.2, 0.25) is 0 Å². The van der Waals surface area contributed by atoms with Gasteiger partial charge in [-0.25, -0.2) is 4.40 Å². The summed E-state index contributed by atoms with van der Waals surface area (Å²) in [4.78, 5) is 0. The summed E-state index contributed by atoms with van der Waals surface area (Å²) in [6.07, 6.45) is 0. The van der Waals surface area contributed by atoms with E-state index in [4.69, 9.17) is 0 Å². The number of nitrogens with zero attached hydrogens (tertiary/aromatic N) is 1. The SMILES string of the molecule is C/C(=N/S)C(C)C.CC. The van der Waals surface area contributed by atoms with Gasteiger partial charge in [0.05, 0.1) is 0 Å². The lowest BCUT2D eigenvalue weighted by Crippen LogP contribution is -1.98. The van der Waals surface area contributed by atoms with Gasteiger partial charge in [0, 0.05) is 5.71 Å². The fraction of sp³-hybridized carbons (Fsp3) is 0.857. The van der Waals surface area contributed by atoms with E-state index in [1.165, 1.54) is 0 Å². The van der Waals surface area contributed by atoms with Crippen molar-refractivity contribution < 1.29 is 0 Å². The summed E-state index contributed by atoms with van der Waals surface area (Å²) >= 11 is 3.74. The first-order chi connectivity index (χ1) is 4.18. The number of thiol groups is 1. The molecule has 0 aromatic carbocycles. The van der Waals surface area contributed by atoms with Crippen LogP contribution in [0, 0.1) is 5.92 Å². The Kier molecular flexibility index (Phi) is 10.5. The Hall–Kier alpha value is 0.0200. The van der Waals surface area contributed by atoms with Crippen LogP contribution in [0.3, 0.4) is 0 Å². The average molecular weight is 147 g/mol. The average Bonchev–Trinajstić information content (AvgIpc) is 1.91. The highest BCUT2D eigenvalue weighted by atomic mass is 32.1. The summed E-state index contributed by atoms with van der Waals surface area (Å²) in [7, 11) is 0. The molecule has 0 saturated carbocycles. The van der Waals surface area contributed by atoms with Crippen molar-refractivity contribution in [1.29, 1.82) is 0 Å². The summed E-state index contributed by atoms with van der Waals surface area (Å²) in [6.45, 7) is 10.2. The van der Waals surface area contributed by atoms with Crippen LogP contribution in [0.5, 0.6) is 0 Å². The lowest BCUT2D eigenvalue weighted by Gasteiger charge is -1.97. The van der Waals surface area contributed by atoms with Crippen LogP contribution in [0.2, 0.25) is 0 Å². The highest BCUT2D eigenvalue weighted by Crippen LogP contribution is 1.96. The lowest BCUT2D eigenvalue weighted by molar-refractivity contribution is 0.883. The summed E-state index contributed by atoms with van der Waals surface area (Å²) in [5.41, 5.74) is 1.09. The van der Waals surface area contributed by atoms with E-state index in [0.29, 0.717) is 5.92 Å². The van der Waals surface area contributed by atoms with Gasteiger partial charge < -0.3 is 0 Å². The van der Waals surface area contributed by atoms with E-state index < -0.39 is 0 Å². The van der Waals surface area contributed by atoms with E-state index in [-0.39, 0.29) is 0 Å². The summed E-state index contributed by atoms with van der Waals surface area (Å²) in [6, 6.07) is 0. The molecule has 0 heterocycles. The van der Waals surface area contributed by atoms with Crippen molar-refractivity contribution in [2.45, 2.75) is 34.6 Å². The van der Waals surface area contributed by atoms with Crippen molar-refractivity contribution in [1.82, 2.24) is 0 Å². The monoisotopic (exact) mass is 147 g/mol. The zero-order valence-electron chi connectivity index (χ0n) is 6.97. The zero-order valence-corrected chi connectivity index (χ0v) is 7.87. The van der Waals surface area contributed by atoms with Gasteiger partial charge in [0.15, 0.2) is 0 Å². The van der Waals surface area contributed by atoms with Crippen molar-refractivity contribution in [3.63, 3.8) is 0 Å². The molecule has 0 rings (SSSR count). The molecule has 0 amide bonds. The van der Waals surface area contributed by atoms with Crippen LogP contribution >= 0.6 is 12.8 Å². The molecular formula is C7H17NS. The topological polar surface area (TPSA) is 12.4 Å². The normalized spacial score (nSPS) is 10.8. The Bertz CT molecular complexity index is 77.0. The first kappa shape index (κ1) is 11.8. The van der Waals surface area contributed by atoms with E-state index in [1.54, 1.807) is 0 Å². The second-order valence-corrected chi connectivity index (χ2v) is 2.10. The summed E-state index contributed by atoms with van der Waals surface area (Å²) in [5.74, 6) is 0.539. The van der Waals surface area contributed by atoms with Gasteiger partial charge in [0.1, 0.15) is 0 Å². The van der Waals surface area contributed by atoms with Crippen molar-refractivity contribution in [3.05, 3.63) is 0 Å². The minimum absolute atomic E-state index is 0.539. The first-order valence-electron chi connectivity index (χ1n) is 3.37. The Labute approximate surface area is 64.1 Å². The van der Waals surface area contributed by atoms with Crippen molar-refractivity contribution in [3.8, 4) is 0 Å². The molecule has 0 aromatic heterocycles. The van der Waals surface area contributed by atoms with Crippen LogP contribution in [0.1, 0.15) is 34.6 Å². The molecule has 0 radical (unpaired) electrons. The third-order valence-corrected chi connectivity index (χ3v) is 1.31. The molecule has 0 aliphatic rings. The fourth-order valence-corrected chi connectivity index (χ4v) is 0.346. The smallest absolute Gasteiger partial charge is 0.0253 e. The van der Waals surface area contributed by atoms with Gasteiger partial charge in [-0.2, -0.15) is 0 Å². The van der Waals surface area contributed by atoms with E-state index in [1.807, 2.05) is 20.8 Å². The number of hydrogen-bond acceptors (Lipinski definition) is 2. The third kappa shape index (κ3) is 8.02. The predicted molar refractivity (Wildman–Crippen MR) is 48.3 cm³/mol. The van der Waals surface area contributed by atoms with Gasteiger partial charge >= 0.3 is 0 Å². The van der Waals surface area contributed by atoms with Gasteiger partial charge in [0.25, 0.3) is 0 Å². The maximum Gasteiger partial charge on any atom is 0.0253 e. The zero-order chi connectivity index (χ0) is 7.86. The molecule has 1 nitrogen and oxygen atoms in total. The summed E-state index contributed by atoms with van der Waals surface area (Å²) in [5, 5.41) is 0. The van der Waals surface area contributed by atoms with E-state index >= 15 is 0 Å². The van der Waals surface area contributed by atoms with Crippen LogP contribution in [0.15, 0.2) is 4.40 Å². The van der Waals surface area contributed by atoms with Gasteiger partial charge in [-0.15, -0.1) is 0 Å². The highest BCUT2D eigenvalue weighted by molar-refractivity contribution is 7.79. The van der Waals surface area contributed by atoms with E-state index in [9.17, 15) is 0 Å². The molecule has 2 heteroatoms. The minimum atomic E-state index is 0.539.